The van der Waals surface area contributed by atoms with Gasteiger partial charge in [-0.25, -0.2) is 0 Å². The molecule has 0 amide bonds. The second kappa shape index (κ2) is 7.39. The Hall–Kier alpha value is -0.900. The SMILES string of the molecule is CCN1CCC(CNC2CCN(Cc3ccccc3)C2)C1. The van der Waals surface area contributed by atoms with Crippen molar-refractivity contribution in [3.8, 4) is 0 Å². The number of benzene rings is 1. The standard InChI is InChI=1S/C18H29N3/c1-2-20-10-8-17(14-20)12-19-18-9-11-21(15-18)13-16-6-4-3-5-7-16/h3-7,17-19H,2,8-15H2,1H3. The lowest BCUT2D eigenvalue weighted by atomic mass is 10.1. The fourth-order valence-corrected chi connectivity index (χ4v) is 3.68. The van der Waals surface area contributed by atoms with Gasteiger partial charge < -0.3 is 10.2 Å². The van der Waals surface area contributed by atoms with E-state index in [-0.39, 0.29) is 0 Å². The van der Waals surface area contributed by atoms with E-state index in [1.807, 2.05) is 0 Å². The van der Waals surface area contributed by atoms with E-state index in [0.717, 1.165) is 12.5 Å². The number of hydrogen-bond donors (Lipinski definition) is 1. The van der Waals surface area contributed by atoms with Crippen molar-refractivity contribution in [1.29, 1.82) is 0 Å². The Morgan fingerprint density at radius 3 is 2.62 bits per heavy atom. The number of likely N-dealkylation sites (tertiary alicyclic amines) is 2. The van der Waals surface area contributed by atoms with Crippen LogP contribution in [0.4, 0.5) is 0 Å². The smallest absolute Gasteiger partial charge is 0.0234 e. The minimum Gasteiger partial charge on any atom is -0.312 e. The van der Waals surface area contributed by atoms with Gasteiger partial charge >= 0.3 is 0 Å². The van der Waals surface area contributed by atoms with Gasteiger partial charge in [-0.15, -0.1) is 0 Å². The summed E-state index contributed by atoms with van der Waals surface area (Å²) in [6, 6.07) is 11.5. The van der Waals surface area contributed by atoms with Gasteiger partial charge in [-0.05, 0) is 44.0 Å². The Bertz CT molecular complexity index is 420. The number of nitrogens with zero attached hydrogens (tertiary/aromatic N) is 2. The topological polar surface area (TPSA) is 18.5 Å². The van der Waals surface area contributed by atoms with Crippen LogP contribution < -0.4 is 5.32 Å². The fourth-order valence-electron chi connectivity index (χ4n) is 3.68. The van der Waals surface area contributed by atoms with Gasteiger partial charge in [0.25, 0.3) is 0 Å². The molecule has 0 saturated carbocycles. The first-order valence-electron chi connectivity index (χ1n) is 8.55. The van der Waals surface area contributed by atoms with Crippen LogP contribution in [0.15, 0.2) is 30.3 Å². The highest BCUT2D eigenvalue weighted by atomic mass is 15.2. The third-order valence-electron chi connectivity index (χ3n) is 5.03. The van der Waals surface area contributed by atoms with E-state index < -0.39 is 0 Å². The molecule has 1 aromatic rings. The monoisotopic (exact) mass is 287 g/mol. The van der Waals surface area contributed by atoms with E-state index in [4.69, 9.17) is 0 Å². The molecule has 0 aliphatic carbocycles. The predicted molar refractivity (Wildman–Crippen MR) is 88.3 cm³/mol. The van der Waals surface area contributed by atoms with E-state index in [1.54, 1.807) is 0 Å². The minimum atomic E-state index is 0.699. The molecule has 2 unspecified atom stereocenters. The molecule has 0 bridgehead atoms. The van der Waals surface area contributed by atoms with E-state index >= 15 is 0 Å². The summed E-state index contributed by atoms with van der Waals surface area (Å²) in [7, 11) is 0. The summed E-state index contributed by atoms with van der Waals surface area (Å²) in [5.41, 5.74) is 1.44. The average Bonchev–Trinajstić information content (AvgIpc) is 3.15. The van der Waals surface area contributed by atoms with Crippen molar-refractivity contribution in [2.24, 2.45) is 5.92 Å². The van der Waals surface area contributed by atoms with E-state index in [0.29, 0.717) is 6.04 Å². The molecule has 0 spiro atoms. The third kappa shape index (κ3) is 4.29. The quantitative estimate of drug-likeness (QED) is 0.865. The predicted octanol–water partition coefficient (Wildman–Crippen LogP) is 2.19. The summed E-state index contributed by atoms with van der Waals surface area (Å²) in [6.07, 6.45) is 2.68. The van der Waals surface area contributed by atoms with Crippen LogP contribution >= 0.6 is 0 Å². The molecule has 1 N–H and O–H groups in total. The molecule has 3 rings (SSSR count). The van der Waals surface area contributed by atoms with Crippen LogP contribution in [0.5, 0.6) is 0 Å². The van der Waals surface area contributed by atoms with Crippen LogP contribution in [-0.2, 0) is 6.54 Å². The lowest BCUT2D eigenvalue weighted by Gasteiger charge is -2.19. The maximum Gasteiger partial charge on any atom is 0.0234 e. The zero-order valence-electron chi connectivity index (χ0n) is 13.3. The van der Waals surface area contributed by atoms with Crippen LogP contribution in [0.3, 0.4) is 0 Å². The van der Waals surface area contributed by atoms with Crippen LogP contribution in [0.25, 0.3) is 0 Å². The number of rotatable bonds is 6. The van der Waals surface area contributed by atoms with Crippen molar-refractivity contribution in [3.05, 3.63) is 35.9 Å². The van der Waals surface area contributed by atoms with Gasteiger partial charge in [0.05, 0.1) is 0 Å². The molecule has 21 heavy (non-hydrogen) atoms. The molecule has 0 radical (unpaired) electrons. The zero-order valence-corrected chi connectivity index (χ0v) is 13.3. The summed E-state index contributed by atoms with van der Waals surface area (Å²) in [5.74, 6) is 0.869. The molecule has 2 fully saturated rings. The molecule has 2 atom stereocenters. The Kier molecular flexibility index (Phi) is 5.28. The molecule has 116 valence electrons. The third-order valence-corrected chi connectivity index (χ3v) is 5.03. The van der Waals surface area contributed by atoms with Gasteiger partial charge in [0, 0.05) is 32.2 Å². The van der Waals surface area contributed by atoms with Gasteiger partial charge in [-0.3, -0.25) is 4.90 Å². The lowest BCUT2D eigenvalue weighted by Crippen LogP contribution is -2.36. The molecule has 2 heterocycles. The van der Waals surface area contributed by atoms with Crippen LogP contribution in [0, 0.1) is 5.92 Å². The first-order chi connectivity index (χ1) is 10.3. The minimum absolute atomic E-state index is 0.699. The average molecular weight is 287 g/mol. The Labute approximate surface area is 129 Å². The van der Waals surface area contributed by atoms with Crippen LogP contribution in [-0.4, -0.2) is 55.1 Å². The summed E-state index contributed by atoms with van der Waals surface area (Å²) in [5, 5.41) is 3.82. The van der Waals surface area contributed by atoms with Crippen molar-refractivity contribution >= 4 is 0 Å². The highest BCUT2D eigenvalue weighted by Crippen LogP contribution is 2.17. The molecular formula is C18H29N3. The molecule has 2 aliphatic heterocycles. The number of hydrogen-bond acceptors (Lipinski definition) is 3. The van der Waals surface area contributed by atoms with Gasteiger partial charge in [-0.2, -0.15) is 0 Å². The van der Waals surface area contributed by atoms with Gasteiger partial charge in [0.15, 0.2) is 0 Å². The Balaban J connectivity index is 1.37. The maximum absolute atomic E-state index is 3.82. The van der Waals surface area contributed by atoms with E-state index in [2.05, 4.69) is 52.4 Å². The summed E-state index contributed by atoms with van der Waals surface area (Å²) < 4.78 is 0. The molecule has 0 aromatic heterocycles. The van der Waals surface area contributed by atoms with E-state index in [1.165, 1.54) is 57.7 Å². The van der Waals surface area contributed by atoms with Crippen LogP contribution in [0.1, 0.15) is 25.3 Å². The molecule has 1 aromatic carbocycles. The molecular weight excluding hydrogens is 258 g/mol. The van der Waals surface area contributed by atoms with Crippen molar-refractivity contribution < 1.29 is 0 Å². The molecule has 3 nitrogen and oxygen atoms in total. The highest BCUT2D eigenvalue weighted by Gasteiger charge is 2.25. The maximum atomic E-state index is 3.82. The fraction of sp³-hybridized carbons (Fsp3) is 0.667. The first kappa shape index (κ1) is 15.0. The molecule has 2 aliphatic rings. The second-order valence-electron chi connectivity index (χ2n) is 6.66. The Morgan fingerprint density at radius 1 is 1.05 bits per heavy atom. The molecule has 3 heteroatoms. The highest BCUT2D eigenvalue weighted by molar-refractivity contribution is 5.14. The van der Waals surface area contributed by atoms with Crippen molar-refractivity contribution in [2.75, 3.05) is 39.3 Å². The largest absolute Gasteiger partial charge is 0.312 e. The summed E-state index contributed by atoms with van der Waals surface area (Å²) in [6.45, 7) is 10.8. The Morgan fingerprint density at radius 2 is 1.86 bits per heavy atom. The zero-order chi connectivity index (χ0) is 14.5. The summed E-state index contributed by atoms with van der Waals surface area (Å²) >= 11 is 0. The van der Waals surface area contributed by atoms with E-state index in [9.17, 15) is 0 Å². The van der Waals surface area contributed by atoms with Gasteiger partial charge in [0.2, 0.25) is 0 Å². The van der Waals surface area contributed by atoms with Crippen molar-refractivity contribution in [1.82, 2.24) is 15.1 Å². The summed E-state index contributed by atoms with van der Waals surface area (Å²) in [4.78, 5) is 5.16. The van der Waals surface area contributed by atoms with Crippen LogP contribution in [0.2, 0.25) is 0 Å². The van der Waals surface area contributed by atoms with Crippen molar-refractivity contribution in [3.63, 3.8) is 0 Å². The lowest BCUT2D eigenvalue weighted by molar-refractivity contribution is 0.312. The van der Waals surface area contributed by atoms with Gasteiger partial charge in [-0.1, -0.05) is 37.3 Å². The normalized spacial score (nSPS) is 27.5. The first-order valence-corrected chi connectivity index (χ1v) is 8.55. The second-order valence-corrected chi connectivity index (χ2v) is 6.66. The van der Waals surface area contributed by atoms with Crippen molar-refractivity contribution in [2.45, 2.75) is 32.4 Å². The van der Waals surface area contributed by atoms with Gasteiger partial charge in [0.1, 0.15) is 0 Å². The molecule has 2 saturated heterocycles. The number of nitrogens with one attached hydrogen (secondary N) is 1.